The van der Waals surface area contributed by atoms with Crippen LogP contribution in [0.1, 0.15) is 66.5 Å². The molecule has 0 fully saturated rings. The lowest BCUT2D eigenvalue weighted by Gasteiger charge is -2.32. The number of aliphatic hydroxyl groups is 1. The Morgan fingerprint density at radius 2 is 1.60 bits per heavy atom. The van der Waals surface area contributed by atoms with Gasteiger partial charge in [-0.05, 0) is 54.9 Å². The lowest BCUT2D eigenvalue weighted by molar-refractivity contribution is -0.134. The molecule has 1 aromatic carbocycles. The first kappa shape index (κ1) is 42.4. The monoisotopic (exact) mass is 734 g/mol. The summed E-state index contributed by atoms with van der Waals surface area (Å²) in [6.07, 6.45) is 4.91. The van der Waals surface area contributed by atoms with Gasteiger partial charge in [-0.25, -0.2) is 9.97 Å². The van der Waals surface area contributed by atoms with Crippen molar-refractivity contribution in [3.63, 3.8) is 0 Å². The molecule has 14 nitrogen and oxygen atoms in total. The predicted octanol–water partition coefficient (Wildman–Crippen LogP) is 3.22. The number of aliphatic hydroxyl groups excluding tert-OH is 1. The number of imidazole rings is 1. The maximum Gasteiger partial charge on any atom is 0.258 e. The molecule has 53 heavy (non-hydrogen) atoms. The molecule has 6 atom stereocenters. The maximum atomic E-state index is 13.8. The fourth-order valence-corrected chi connectivity index (χ4v) is 5.85. The number of pyridine rings is 1. The molecule has 3 aromatic rings. The first-order valence-electron chi connectivity index (χ1n) is 18.5. The van der Waals surface area contributed by atoms with Crippen LogP contribution < -0.4 is 31.3 Å². The lowest BCUT2D eigenvalue weighted by atomic mass is 9.85. The number of nitrogens with zero attached hydrogens (tertiary/aromatic N) is 2. The highest BCUT2D eigenvalue weighted by atomic mass is 16.5. The van der Waals surface area contributed by atoms with Crippen molar-refractivity contribution < 1.29 is 29.0 Å². The summed E-state index contributed by atoms with van der Waals surface area (Å²) in [7, 11) is 0. The molecular weight excluding hydrogens is 676 g/mol. The molecular formula is C39H58N8O6. The van der Waals surface area contributed by atoms with E-state index in [-0.39, 0.29) is 49.0 Å². The van der Waals surface area contributed by atoms with Gasteiger partial charge in [0.25, 0.3) is 5.91 Å². The summed E-state index contributed by atoms with van der Waals surface area (Å²) in [5.74, 6) is -1.29. The quantitative estimate of drug-likeness (QED) is 0.0715. The highest BCUT2D eigenvalue weighted by Crippen LogP contribution is 2.23. The molecule has 0 aliphatic rings. The van der Waals surface area contributed by atoms with Gasteiger partial charge < -0.3 is 41.4 Å². The molecule has 0 unspecified atom stereocenters. The minimum atomic E-state index is -1.10. The van der Waals surface area contributed by atoms with Crippen molar-refractivity contribution in [2.24, 2.45) is 23.7 Å². The molecule has 14 heteroatoms. The fraction of sp³-hybridized carbons (Fsp3) is 0.538. The first-order valence-corrected chi connectivity index (χ1v) is 18.5. The maximum absolute atomic E-state index is 13.8. The van der Waals surface area contributed by atoms with Crippen molar-refractivity contribution in [2.75, 3.05) is 25.0 Å². The van der Waals surface area contributed by atoms with Gasteiger partial charge in [-0.1, -0.05) is 72.2 Å². The van der Waals surface area contributed by atoms with Gasteiger partial charge in [0.05, 0.1) is 18.5 Å². The number of carbonyl (C=O) groups is 4. The third-order valence-electron chi connectivity index (χ3n) is 9.09. The number of H-pyrrole nitrogens is 1. The smallest absolute Gasteiger partial charge is 0.258 e. The first-order chi connectivity index (χ1) is 25.4. The van der Waals surface area contributed by atoms with Crippen LogP contribution in [0.25, 0.3) is 0 Å². The number of anilines is 1. The largest absolute Gasteiger partial charge is 0.484 e. The molecule has 0 aliphatic carbocycles. The molecule has 290 valence electrons. The Kier molecular flexibility index (Phi) is 17.7. The molecule has 0 aliphatic heterocycles. The molecule has 0 bridgehead atoms. The van der Waals surface area contributed by atoms with Gasteiger partial charge in [-0.2, -0.15) is 0 Å². The Labute approximate surface area is 313 Å². The zero-order chi connectivity index (χ0) is 38.8. The van der Waals surface area contributed by atoms with Crippen LogP contribution in [0, 0.1) is 23.7 Å². The Morgan fingerprint density at radius 1 is 0.868 bits per heavy atom. The summed E-state index contributed by atoms with van der Waals surface area (Å²) >= 11 is 0. The van der Waals surface area contributed by atoms with Crippen LogP contribution in [0.5, 0.6) is 5.75 Å². The van der Waals surface area contributed by atoms with Crippen LogP contribution in [-0.2, 0) is 25.6 Å². The molecule has 2 aromatic heterocycles. The highest BCUT2D eigenvalue weighted by molar-refractivity contribution is 5.89. The number of nitrogens with one attached hydrogen (secondary N) is 6. The minimum absolute atomic E-state index is 0.0481. The number of benzene rings is 1. The van der Waals surface area contributed by atoms with E-state index in [0.717, 1.165) is 0 Å². The number of para-hydroxylation sites is 1. The fourth-order valence-electron chi connectivity index (χ4n) is 5.85. The topological polar surface area (TPSA) is 199 Å². The number of aromatic nitrogens is 3. The molecule has 2 heterocycles. The summed E-state index contributed by atoms with van der Waals surface area (Å²) in [6.45, 7) is 12.1. The van der Waals surface area contributed by atoms with Crippen molar-refractivity contribution >= 4 is 29.4 Å². The van der Waals surface area contributed by atoms with Gasteiger partial charge >= 0.3 is 0 Å². The molecule has 0 saturated heterocycles. The van der Waals surface area contributed by atoms with Gasteiger partial charge in [0.15, 0.2) is 6.61 Å². The summed E-state index contributed by atoms with van der Waals surface area (Å²) in [5, 5.41) is 26.4. The standard InChI is InChI=1S/C39H58N8O6/c1-7-27(6)36(39(52)43-18-17-42-34-15-11-12-16-41-34)47-37(50)30(26(4)5)21-33(48)31(19-25(2)3)46-38(51)32(20-28-22-40-24-44-28)45-35(49)23-53-29-13-9-8-10-14-29/h8-16,22,24-27,30-33,36,48H,7,17-21,23H2,1-6H3,(H,40,44)(H,41,42)(H,43,52)(H,45,49)(H,46,51)(H,47,50)/t27-,30-,31-,32-,33-,36-/m0/s1. The second-order valence-corrected chi connectivity index (χ2v) is 14.2. The molecule has 0 radical (unpaired) electrons. The lowest BCUT2D eigenvalue weighted by Crippen LogP contribution is -2.55. The summed E-state index contributed by atoms with van der Waals surface area (Å²) in [5.41, 5.74) is 0.635. The minimum Gasteiger partial charge on any atom is -0.484 e. The van der Waals surface area contributed by atoms with Gasteiger partial charge in [0, 0.05) is 43.5 Å². The van der Waals surface area contributed by atoms with Crippen molar-refractivity contribution in [1.82, 2.24) is 36.2 Å². The number of aromatic amines is 1. The predicted molar refractivity (Wildman–Crippen MR) is 204 cm³/mol. The normalized spacial score (nSPS) is 14.7. The van der Waals surface area contributed by atoms with Gasteiger partial charge in [-0.3, -0.25) is 19.2 Å². The summed E-state index contributed by atoms with van der Waals surface area (Å²) < 4.78 is 5.58. The Hall–Kier alpha value is -4.98. The second kappa shape index (κ2) is 22.2. The van der Waals surface area contributed by atoms with Gasteiger partial charge in [0.1, 0.15) is 23.7 Å². The summed E-state index contributed by atoms with van der Waals surface area (Å²) in [6, 6.07) is 11.9. The van der Waals surface area contributed by atoms with E-state index >= 15 is 0 Å². The van der Waals surface area contributed by atoms with E-state index in [1.807, 2.05) is 65.8 Å². The van der Waals surface area contributed by atoms with E-state index in [9.17, 15) is 24.3 Å². The Morgan fingerprint density at radius 3 is 2.23 bits per heavy atom. The van der Waals surface area contributed by atoms with Crippen molar-refractivity contribution in [3.05, 3.63) is 72.9 Å². The van der Waals surface area contributed by atoms with E-state index in [2.05, 4.69) is 41.5 Å². The third kappa shape index (κ3) is 14.9. The molecule has 0 saturated carbocycles. The summed E-state index contributed by atoms with van der Waals surface area (Å²) in [4.78, 5) is 65.1. The van der Waals surface area contributed by atoms with Crippen molar-refractivity contribution in [2.45, 2.75) is 91.5 Å². The SMILES string of the molecule is CC[C@H](C)[C@H](NC(=O)[C@@H](C[C@H](O)[C@H](CC(C)C)NC(=O)[C@H](Cc1cnc[nH]1)NC(=O)COc1ccccc1)C(C)C)C(=O)NCCNc1ccccn1. The zero-order valence-corrected chi connectivity index (χ0v) is 31.8. The Bertz CT molecular complexity index is 1520. The number of hydrogen-bond acceptors (Lipinski definition) is 9. The zero-order valence-electron chi connectivity index (χ0n) is 31.8. The van der Waals surface area contributed by atoms with E-state index in [1.54, 1.807) is 36.7 Å². The van der Waals surface area contributed by atoms with E-state index in [1.165, 1.54) is 6.33 Å². The van der Waals surface area contributed by atoms with Gasteiger partial charge in [-0.15, -0.1) is 0 Å². The van der Waals surface area contributed by atoms with Crippen LogP contribution in [0.3, 0.4) is 0 Å². The van der Waals surface area contributed by atoms with Crippen molar-refractivity contribution in [3.8, 4) is 5.75 Å². The number of hydrogen-bond donors (Lipinski definition) is 7. The molecule has 4 amide bonds. The highest BCUT2D eigenvalue weighted by Gasteiger charge is 2.35. The van der Waals surface area contributed by atoms with Crippen molar-refractivity contribution in [1.29, 1.82) is 0 Å². The number of amides is 4. The molecule has 7 N–H and O–H groups in total. The van der Waals surface area contributed by atoms with Crippen LogP contribution >= 0.6 is 0 Å². The van der Waals surface area contributed by atoms with Crippen LogP contribution in [0.4, 0.5) is 5.82 Å². The Balaban J connectivity index is 1.67. The van der Waals surface area contributed by atoms with E-state index in [4.69, 9.17) is 4.74 Å². The van der Waals surface area contributed by atoms with Gasteiger partial charge in [0.2, 0.25) is 17.7 Å². The number of carbonyl (C=O) groups excluding carboxylic acids is 4. The average molecular weight is 735 g/mol. The third-order valence-corrected chi connectivity index (χ3v) is 9.09. The van der Waals surface area contributed by atoms with Crippen LogP contribution in [0.15, 0.2) is 67.3 Å². The number of rotatable bonds is 23. The number of ether oxygens (including phenoxy) is 1. The molecule has 3 rings (SSSR count). The average Bonchev–Trinajstić information content (AvgIpc) is 3.66. The van der Waals surface area contributed by atoms with Crippen LogP contribution in [0.2, 0.25) is 0 Å². The van der Waals surface area contributed by atoms with E-state index in [0.29, 0.717) is 43.2 Å². The molecule has 0 spiro atoms. The second-order valence-electron chi connectivity index (χ2n) is 14.2. The van der Waals surface area contributed by atoms with E-state index < -0.39 is 42.0 Å². The van der Waals surface area contributed by atoms with Crippen LogP contribution in [-0.4, -0.2) is 87.6 Å².